The van der Waals surface area contributed by atoms with Crippen LogP contribution in [0.15, 0.2) is 18.3 Å². The number of carbonyl (C=O) groups excluding carboxylic acids is 3. The summed E-state index contributed by atoms with van der Waals surface area (Å²) >= 11 is 0. The average molecular weight is 445 g/mol. The van der Waals surface area contributed by atoms with Crippen molar-refractivity contribution in [3.05, 3.63) is 29.7 Å². The van der Waals surface area contributed by atoms with Crippen LogP contribution in [0.2, 0.25) is 0 Å². The van der Waals surface area contributed by atoms with Crippen LogP contribution in [-0.4, -0.2) is 52.7 Å². The predicted molar refractivity (Wildman–Crippen MR) is 118 cm³/mol. The van der Waals surface area contributed by atoms with Crippen LogP contribution in [-0.2, 0) is 9.53 Å². The van der Waals surface area contributed by atoms with Gasteiger partial charge in [0.25, 0.3) is 0 Å². The van der Waals surface area contributed by atoms with Crippen LogP contribution in [0.4, 0.5) is 19.7 Å². The lowest BCUT2D eigenvalue weighted by Crippen LogP contribution is -2.49. The van der Waals surface area contributed by atoms with Gasteiger partial charge in [0.1, 0.15) is 5.60 Å². The Morgan fingerprint density at radius 3 is 2.47 bits per heavy atom. The molecule has 0 atom stereocenters. The molecule has 9 heteroatoms. The van der Waals surface area contributed by atoms with E-state index in [1.165, 1.54) is 4.90 Å². The number of rotatable bonds is 2. The molecule has 2 fully saturated rings. The van der Waals surface area contributed by atoms with Gasteiger partial charge in [0.05, 0.1) is 11.2 Å². The number of nitrogens with zero attached hydrogens (tertiary/aromatic N) is 3. The van der Waals surface area contributed by atoms with Gasteiger partial charge in [-0.05, 0) is 58.2 Å². The summed E-state index contributed by atoms with van der Waals surface area (Å²) in [5.41, 5.74) is 1.17. The molecular weight excluding hydrogens is 415 g/mol. The zero-order valence-electron chi connectivity index (χ0n) is 18.9. The number of aryl methyl sites for hydroxylation is 1. The molecule has 0 unspecified atom stereocenters. The second-order valence-electron chi connectivity index (χ2n) is 9.47. The quantitative estimate of drug-likeness (QED) is 0.756. The minimum atomic E-state index is -0.605. The lowest BCUT2D eigenvalue weighted by molar-refractivity contribution is -0.120. The van der Waals surface area contributed by atoms with Gasteiger partial charge in [0.15, 0.2) is 5.82 Å². The first-order valence-corrected chi connectivity index (χ1v) is 10.9. The van der Waals surface area contributed by atoms with Gasteiger partial charge in [-0.3, -0.25) is 15.0 Å². The third kappa shape index (κ3) is 4.16. The topological polar surface area (TPSA) is 83.9 Å². The van der Waals surface area contributed by atoms with E-state index < -0.39 is 17.4 Å². The van der Waals surface area contributed by atoms with Gasteiger partial charge in [-0.25, -0.2) is 14.0 Å². The molecule has 2 aliphatic heterocycles. The Morgan fingerprint density at radius 2 is 1.84 bits per heavy atom. The van der Waals surface area contributed by atoms with Gasteiger partial charge in [-0.15, -0.1) is 0 Å². The number of ether oxygens (including phenoxy) is 1. The van der Waals surface area contributed by atoms with Gasteiger partial charge in [0, 0.05) is 43.7 Å². The molecule has 0 saturated carbocycles. The van der Waals surface area contributed by atoms with Crippen molar-refractivity contribution in [2.75, 3.05) is 24.5 Å². The number of aromatic nitrogens is 1. The Bertz CT molecular complexity index is 1080. The fourth-order valence-corrected chi connectivity index (χ4v) is 4.45. The van der Waals surface area contributed by atoms with E-state index in [1.54, 1.807) is 11.0 Å². The minimum Gasteiger partial charge on any atom is -0.444 e. The van der Waals surface area contributed by atoms with Crippen LogP contribution in [0, 0.1) is 12.7 Å². The van der Waals surface area contributed by atoms with Crippen molar-refractivity contribution < 1.29 is 23.5 Å². The van der Waals surface area contributed by atoms with Gasteiger partial charge in [0.2, 0.25) is 5.91 Å². The van der Waals surface area contributed by atoms with Crippen LogP contribution in [0.25, 0.3) is 10.9 Å². The molecule has 4 rings (SSSR count). The minimum absolute atomic E-state index is 0.131. The third-order valence-electron chi connectivity index (χ3n) is 5.96. The summed E-state index contributed by atoms with van der Waals surface area (Å²) in [5, 5.41) is 2.71. The number of amides is 4. The number of imide groups is 1. The van der Waals surface area contributed by atoms with Crippen LogP contribution >= 0.6 is 0 Å². The lowest BCUT2D eigenvalue weighted by Gasteiger charge is -2.34. The number of hydrogen-bond donors (Lipinski definition) is 1. The van der Waals surface area contributed by atoms with Crippen molar-refractivity contribution in [3.8, 4) is 0 Å². The SMILES string of the molecule is Cc1cn(C2CCN(C(=O)OC(C)(C)C)CC2)c2ccc(N3CCC(=O)NC3=O)c(F)c12. The number of nitrogens with one attached hydrogen (secondary N) is 1. The smallest absolute Gasteiger partial charge is 0.410 e. The maximum absolute atomic E-state index is 15.5. The molecule has 3 heterocycles. The fourth-order valence-electron chi connectivity index (χ4n) is 4.45. The number of piperidine rings is 1. The predicted octanol–water partition coefficient (Wildman–Crippen LogP) is 4.11. The monoisotopic (exact) mass is 444 g/mol. The number of fused-ring (bicyclic) bond motifs is 1. The highest BCUT2D eigenvalue weighted by atomic mass is 19.1. The van der Waals surface area contributed by atoms with Crippen LogP contribution in [0.1, 0.15) is 51.6 Å². The Hall–Kier alpha value is -3.10. The van der Waals surface area contributed by atoms with Crippen molar-refractivity contribution in [2.45, 2.75) is 58.6 Å². The molecule has 0 aliphatic carbocycles. The fraction of sp³-hybridized carbons (Fsp3) is 0.522. The maximum Gasteiger partial charge on any atom is 0.410 e. The van der Waals surface area contributed by atoms with E-state index in [4.69, 9.17) is 4.74 Å². The molecule has 2 aromatic rings. The number of halogens is 1. The largest absolute Gasteiger partial charge is 0.444 e. The van der Waals surface area contributed by atoms with Gasteiger partial charge < -0.3 is 14.2 Å². The molecule has 8 nitrogen and oxygen atoms in total. The third-order valence-corrected chi connectivity index (χ3v) is 5.96. The summed E-state index contributed by atoms with van der Waals surface area (Å²) in [6, 6.07) is 2.95. The molecule has 4 amide bonds. The molecule has 172 valence electrons. The molecule has 0 radical (unpaired) electrons. The molecule has 1 aromatic heterocycles. The van der Waals surface area contributed by atoms with E-state index in [2.05, 4.69) is 9.88 Å². The van der Waals surface area contributed by atoms with Gasteiger partial charge in [-0.1, -0.05) is 0 Å². The highest BCUT2D eigenvalue weighted by Crippen LogP contribution is 2.35. The second kappa shape index (κ2) is 8.11. The first-order valence-electron chi connectivity index (χ1n) is 10.9. The number of benzene rings is 1. The van der Waals surface area contributed by atoms with Crippen LogP contribution in [0.5, 0.6) is 0 Å². The molecule has 1 N–H and O–H groups in total. The molecule has 32 heavy (non-hydrogen) atoms. The van der Waals surface area contributed by atoms with Crippen molar-refractivity contribution in [1.29, 1.82) is 0 Å². The molecule has 0 bridgehead atoms. The van der Waals surface area contributed by atoms with E-state index in [0.29, 0.717) is 18.5 Å². The van der Waals surface area contributed by atoms with Gasteiger partial charge >= 0.3 is 12.1 Å². The summed E-state index contributed by atoms with van der Waals surface area (Å²) in [4.78, 5) is 38.9. The summed E-state index contributed by atoms with van der Waals surface area (Å²) in [5.74, 6) is -0.817. The van der Waals surface area contributed by atoms with E-state index in [9.17, 15) is 14.4 Å². The summed E-state index contributed by atoms with van der Waals surface area (Å²) in [7, 11) is 0. The molecular formula is C23H29FN4O4. The number of carbonyl (C=O) groups is 3. The highest BCUT2D eigenvalue weighted by Gasteiger charge is 2.30. The zero-order valence-corrected chi connectivity index (χ0v) is 18.9. The zero-order chi connectivity index (χ0) is 23.2. The van der Waals surface area contributed by atoms with Crippen molar-refractivity contribution >= 4 is 34.6 Å². The van der Waals surface area contributed by atoms with Crippen molar-refractivity contribution in [1.82, 2.24) is 14.8 Å². The Morgan fingerprint density at radius 1 is 1.16 bits per heavy atom. The Kier molecular flexibility index (Phi) is 5.60. The molecule has 2 aliphatic rings. The standard InChI is InChI=1S/C23H29FN4O4/c1-14-13-28(15-7-10-26(11-8-15)22(31)32-23(2,3)4)16-5-6-17(20(24)19(14)16)27-12-9-18(29)25-21(27)30/h5-6,13,15H,7-12H2,1-4H3,(H,25,29,30). The van der Waals surface area contributed by atoms with E-state index >= 15 is 4.39 Å². The number of urea groups is 1. The Labute approximate surface area is 186 Å². The normalized spacial score (nSPS) is 18.3. The molecule has 1 aromatic carbocycles. The first-order chi connectivity index (χ1) is 15.0. The maximum atomic E-state index is 15.5. The Balaban J connectivity index is 1.55. The van der Waals surface area contributed by atoms with Crippen molar-refractivity contribution in [2.24, 2.45) is 0 Å². The van der Waals surface area contributed by atoms with E-state index in [1.807, 2.05) is 40.0 Å². The van der Waals surface area contributed by atoms with Crippen molar-refractivity contribution in [3.63, 3.8) is 0 Å². The van der Waals surface area contributed by atoms with Gasteiger partial charge in [-0.2, -0.15) is 0 Å². The first kappa shape index (κ1) is 22.1. The van der Waals surface area contributed by atoms with E-state index in [-0.39, 0.29) is 36.7 Å². The second-order valence-corrected chi connectivity index (χ2v) is 9.47. The number of hydrogen-bond acceptors (Lipinski definition) is 4. The number of anilines is 1. The molecule has 0 spiro atoms. The summed E-state index contributed by atoms with van der Waals surface area (Å²) in [6.07, 6.45) is 3.24. The molecule has 2 saturated heterocycles. The lowest BCUT2D eigenvalue weighted by atomic mass is 10.0. The average Bonchev–Trinajstić information content (AvgIpc) is 3.05. The summed E-state index contributed by atoms with van der Waals surface area (Å²) < 4.78 is 23.0. The van der Waals surface area contributed by atoms with Crippen LogP contribution in [0.3, 0.4) is 0 Å². The number of likely N-dealkylation sites (tertiary alicyclic amines) is 1. The summed E-state index contributed by atoms with van der Waals surface area (Å²) in [6.45, 7) is 8.68. The van der Waals surface area contributed by atoms with E-state index in [0.717, 1.165) is 23.9 Å². The van der Waals surface area contributed by atoms with Crippen LogP contribution < -0.4 is 10.2 Å². The highest BCUT2D eigenvalue weighted by molar-refractivity contribution is 6.06.